The second-order valence-corrected chi connectivity index (χ2v) is 1.93. The Kier molecular flexibility index (Phi) is 51.0. The number of primary amides is 1. The van der Waals surface area contributed by atoms with E-state index in [0.717, 1.165) is 0 Å². The summed E-state index contributed by atoms with van der Waals surface area (Å²) >= 11 is 7.46. The van der Waals surface area contributed by atoms with E-state index in [-0.39, 0.29) is 21.6 Å². The zero-order valence-electron chi connectivity index (χ0n) is 7.03. The Morgan fingerprint density at radius 1 is 1.38 bits per heavy atom. The molecule has 1 amide bonds. The molecule has 7 nitrogen and oxygen atoms in total. The number of amides is 1. The predicted octanol–water partition coefficient (Wildman–Crippen LogP) is -2.21. The summed E-state index contributed by atoms with van der Waals surface area (Å²) in [5, 5.41) is -0.516. The molecule has 84 valence electrons. The summed E-state index contributed by atoms with van der Waals surface area (Å²) in [5.74, 6) is 0. The first-order valence-corrected chi connectivity index (χ1v) is 3.26. The monoisotopic (exact) mass is 236 g/mol. The molecule has 0 aliphatic rings. The van der Waals surface area contributed by atoms with Gasteiger partial charge in [-0.1, -0.05) is 12.6 Å². The maximum atomic E-state index is 9.09. The van der Waals surface area contributed by atoms with Crippen molar-refractivity contribution >= 4 is 35.3 Å². The maximum absolute atomic E-state index is 9.09. The van der Waals surface area contributed by atoms with Crippen molar-refractivity contribution in [1.82, 2.24) is 0 Å². The summed E-state index contributed by atoms with van der Waals surface area (Å²) < 4.78 is 4.55. The third-order valence-corrected chi connectivity index (χ3v) is 0.404. The van der Waals surface area contributed by atoms with Crippen molar-refractivity contribution in [3.63, 3.8) is 0 Å². The SMILES string of the molecule is CCOC(N)=S.NC(=O)S.O.O.O. The summed E-state index contributed by atoms with van der Waals surface area (Å²) in [4.78, 5) is 9.09. The molecule has 0 bridgehead atoms. The van der Waals surface area contributed by atoms with E-state index in [0.29, 0.717) is 6.61 Å². The lowest BCUT2D eigenvalue weighted by Gasteiger charge is -1.93. The fourth-order valence-electron chi connectivity index (χ4n) is 0.142. The lowest BCUT2D eigenvalue weighted by atomic mass is 10.9. The van der Waals surface area contributed by atoms with Crippen LogP contribution in [0.1, 0.15) is 6.92 Å². The Bertz CT molecular complexity index is 119. The molecule has 0 fully saturated rings. The molecular formula is C4H16N2O5S2. The molecule has 13 heavy (non-hydrogen) atoms. The van der Waals surface area contributed by atoms with Crippen molar-refractivity contribution in [2.24, 2.45) is 11.5 Å². The van der Waals surface area contributed by atoms with Crippen molar-refractivity contribution in [2.75, 3.05) is 6.61 Å². The third-order valence-electron chi connectivity index (χ3n) is 0.287. The first kappa shape index (κ1) is 29.4. The number of ether oxygens (including phenoxy) is 1. The largest absolute Gasteiger partial charge is 0.472 e. The van der Waals surface area contributed by atoms with Gasteiger partial charge >= 0.3 is 0 Å². The zero-order valence-corrected chi connectivity index (χ0v) is 8.74. The lowest BCUT2D eigenvalue weighted by molar-refractivity contribution is 0.267. The van der Waals surface area contributed by atoms with E-state index in [1.807, 2.05) is 6.92 Å². The minimum atomic E-state index is -0.639. The first-order chi connectivity index (χ1) is 4.50. The summed E-state index contributed by atoms with van der Waals surface area (Å²) in [6.45, 7) is 2.40. The second-order valence-electron chi connectivity index (χ2n) is 1.09. The quantitative estimate of drug-likeness (QED) is 0.346. The highest BCUT2D eigenvalue weighted by Crippen LogP contribution is 1.67. The van der Waals surface area contributed by atoms with Crippen LogP contribution in [0.2, 0.25) is 0 Å². The van der Waals surface area contributed by atoms with Crippen LogP contribution >= 0.6 is 24.8 Å². The maximum Gasteiger partial charge on any atom is 0.273 e. The Balaban J connectivity index is -0.0000000279. The third kappa shape index (κ3) is 176. The molecule has 0 aromatic carbocycles. The molecule has 0 radical (unpaired) electrons. The van der Waals surface area contributed by atoms with Gasteiger partial charge in [0.05, 0.1) is 6.61 Å². The molecule has 0 unspecified atom stereocenters. The minimum absolute atomic E-state index is 0. The number of carbonyl (C=O) groups is 1. The van der Waals surface area contributed by atoms with Crippen molar-refractivity contribution < 1.29 is 26.0 Å². The topological polar surface area (TPSA) is 173 Å². The summed E-state index contributed by atoms with van der Waals surface area (Å²) in [5.41, 5.74) is 9.25. The van der Waals surface area contributed by atoms with Gasteiger partial charge in [0.1, 0.15) is 0 Å². The number of hydrogen-bond acceptors (Lipinski definition) is 3. The smallest absolute Gasteiger partial charge is 0.273 e. The van der Waals surface area contributed by atoms with Crippen molar-refractivity contribution in [3.05, 3.63) is 0 Å². The van der Waals surface area contributed by atoms with Gasteiger partial charge in [0.15, 0.2) is 0 Å². The number of hydrogen-bond donors (Lipinski definition) is 3. The van der Waals surface area contributed by atoms with Crippen molar-refractivity contribution in [3.8, 4) is 0 Å². The van der Waals surface area contributed by atoms with Crippen LogP contribution in [-0.4, -0.2) is 33.4 Å². The molecule has 9 heteroatoms. The molecule has 0 aliphatic carbocycles. The fraction of sp³-hybridized carbons (Fsp3) is 0.500. The Labute approximate surface area is 86.8 Å². The molecule has 0 heterocycles. The predicted molar refractivity (Wildman–Crippen MR) is 57.8 cm³/mol. The van der Waals surface area contributed by atoms with E-state index < -0.39 is 5.24 Å². The molecule has 10 N–H and O–H groups in total. The molecule has 0 saturated carbocycles. The van der Waals surface area contributed by atoms with Crippen LogP contribution in [0.4, 0.5) is 4.79 Å². The van der Waals surface area contributed by atoms with Gasteiger partial charge in [0.25, 0.3) is 10.4 Å². The second kappa shape index (κ2) is 22.5. The van der Waals surface area contributed by atoms with Crippen LogP contribution in [0.25, 0.3) is 0 Å². The summed E-state index contributed by atoms with van der Waals surface area (Å²) in [6.07, 6.45) is 0. The Hall–Kier alpha value is -0.610. The Morgan fingerprint density at radius 3 is 1.62 bits per heavy atom. The van der Waals surface area contributed by atoms with E-state index in [1.54, 1.807) is 0 Å². The van der Waals surface area contributed by atoms with Gasteiger partial charge in [-0.25, -0.2) is 0 Å². The zero-order chi connectivity index (χ0) is 8.57. The average molecular weight is 236 g/mol. The molecule has 0 aliphatic heterocycles. The van der Waals surface area contributed by atoms with Crippen LogP contribution < -0.4 is 11.5 Å². The van der Waals surface area contributed by atoms with Crippen LogP contribution in [0.3, 0.4) is 0 Å². The van der Waals surface area contributed by atoms with Gasteiger partial charge < -0.3 is 32.6 Å². The molecule has 0 atom stereocenters. The van der Waals surface area contributed by atoms with E-state index in [2.05, 4.69) is 35.3 Å². The van der Waals surface area contributed by atoms with E-state index in [1.165, 1.54) is 0 Å². The fourth-order valence-corrected chi connectivity index (χ4v) is 0.260. The van der Waals surface area contributed by atoms with Gasteiger partial charge in [-0.05, 0) is 19.1 Å². The first-order valence-electron chi connectivity index (χ1n) is 2.41. The highest BCUT2D eigenvalue weighted by Gasteiger charge is 1.76. The Morgan fingerprint density at radius 2 is 1.62 bits per heavy atom. The van der Waals surface area contributed by atoms with Gasteiger partial charge in [-0.15, -0.1) is 0 Å². The van der Waals surface area contributed by atoms with Gasteiger partial charge in [0.2, 0.25) is 0 Å². The van der Waals surface area contributed by atoms with Gasteiger partial charge in [0, 0.05) is 0 Å². The molecule has 0 rings (SSSR count). The van der Waals surface area contributed by atoms with E-state index in [9.17, 15) is 0 Å². The summed E-state index contributed by atoms with van der Waals surface area (Å²) in [7, 11) is 0. The van der Waals surface area contributed by atoms with Crippen LogP contribution in [-0.2, 0) is 4.74 Å². The number of thiol groups is 1. The molecule has 0 spiro atoms. The highest BCUT2D eigenvalue weighted by molar-refractivity contribution is 7.96. The number of thiocarbonyl (C=S) groups is 1. The highest BCUT2D eigenvalue weighted by atomic mass is 32.1. The lowest BCUT2D eigenvalue weighted by Crippen LogP contribution is -2.11. The summed E-state index contributed by atoms with van der Waals surface area (Å²) in [6, 6.07) is 0. The van der Waals surface area contributed by atoms with Gasteiger partial charge in [-0.3, -0.25) is 4.79 Å². The standard InChI is InChI=1S/C3H7NOS.CH3NOS.3H2O/c1-2-5-3(4)6;2-1(3)4;;;/h2H2,1H3,(H2,4,6);(H3,2,3,4);3*1H2. The average Bonchev–Trinajstić information content (AvgIpc) is 1.62. The molecule has 0 aromatic heterocycles. The molecular weight excluding hydrogens is 220 g/mol. The van der Waals surface area contributed by atoms with Crippen LogP contribution in [0.15, 0.2) is 0 Å². The number of nitrogens with two attached hydrogens (primary N) is 2. The van der Waals surface area contributed by atoms with E-state index in [4.69, 9.17) is 10.5 Å². The molecule has 0 saturated heterocycles. The van der Waals surface area contributed by atoms with Crippen molar-refractivity contribution in [2.45, 2.75) is 6.92 Å². The van der Waals surface area contributed by atoms with Crippen molar-refractivity contribution in [1.29, 1.82) is 0 Å². The van der Waals surface area contributed by atoms with Gasteiger partial charge in [-0.2, -0.15) is 0 Å². The van der Waals surface area contributed by atoms with E-state index >= 15 is 0 Å². The van der Waals surface area contributed by atoms with Crippen LogP contribution in [0, 0.1) is 0 Å². The number of rotatable bonds is 1. The molecule has 0 aromatic rings. The minimum Gasteiger partial charge on any atom is -0.472 e. The number of carbonyl (C=O) groups excluding carboxylic acids is 1. The normalized spacial score (nSPS) is 5.38. The van der Waals surface area contributed by atoms with Crippen LogP contribution in [0.5, 0.6) is 0 Å².